The fraction of sp³-hybridized carbons (Fsp3) is 0.875. The molecular formula is C8H16CaO2. The molecule has 0 radical (unpaired) electrons. The van der Waals surface area contributed by atoms with E-state index in [2.05, 4.69) is 6.92 Å². The first-order valence-electron chi connectivity index (χ1n) is 4.18. The van der Waals surface area contributed by atoms with Crippen LogP contribution in [0.1, 0.15) is 39.5 Å². The molecule has 0 aliphatic heterocycles. The molecule has 3 heteroatoms. The minimum absolute atomic E-state index is 0.216. The van der Waals surface area contributed by atoms with Gasteiger partial charge in [-0.15, -0.1) is 0 Å². The third-order valence-electron chi connectivity index (χ3n) is 0.984. The first-order chi connectivity index (χ1) is 5.18. The third-order valence-corrected chi connectivity index (χ3v) is 0.984. The van der Waals surface area contributed by atoms with E-state index in [0.29, 0.717) is 0 Å². The van der Waals surface area contributed by atoms with Crippen molar-refractivity contribution < 1.29 is 9.90 Å². The van der Waals surface area contributed by atoms with Gasteiger partial charge in [0.1, 0.15) is 0 Å². The molecule has 0 aromatic heterocycles. The molecule has 0 unspecified atom stereocenters. The van der Waals surface area contributed by atoms with Crippen molar-refractivity contribution in [2.24, 2.45) is 0 Å². The molecule has 0 spiro atoms. The fourth-order valence-corrected chi connectivity index (χ4v) is 0.519. The van der Waals surface area contributed by atoms with E-state index in [1.807, 2.05) is 6.92 Å². The monoisotopic (exact) mass is 184 g/mol. The molecule has 0 fully saturated rings. The molecule has 62 valence electrons. The topological polar surface area (TPSA) is 40.1 Å². The SMILES string of the molecule is CCCCCC(=O)[O-].C[CH2][Ca+]. The van der Waals surface area contributed by atoms with Crippen molar-refractivity contribution in [1.82, 2.24) is 0 Å². The van der Waals surface area contributed by atoms with Gasteiger partial charge in [-0.05, 0) is 12.8 Å². The second-order valence-electron chi connectivity index (χ2n) is 2.33. The summed E-state index contributed by atoms with van der Waals surface area (Å²) < 4.78 is 1.38. The molecule has 0 N–H and O–H groups in total. The van der Waals surface area contributed by atoms with E-state index in [1.54, 1.807) is 0 Å². The number of carboxylic acid groups (broad SMARTS) is 1. The zero-order valence-corrected chi connectivity index (χ0v) is 9.77. The standard InChI is InChI=1S/C6H12O2.C2H5.Ca/c1-2-3-4-5-6(7)8;1-2;/h2-5H2,1H3,(H,7,8);1H2,2H3;/q;;+1/p-1. The molecule has 0 saturated carbocycles. The van der Waals surface area contributed by atoms with Gasteiger partial charge in [-0.3, -0.25) is 0 Å². The summed E-state index contributed by atoms with van der Waals surface area (Å²) >= 11 is 1.44. The minimum atomic E-state index is -0.932. The quantitative estimate of drug-likeness (QED) is 0.481. The van der Waals surface area contributed by atoms with Gasteiger partial charge in [-0.1, -0.05) is 19.8 Å². The molecule has 0 heterocycles. The van der Waals surface area contributed by atoms with E-state index in [0.717, 1.165) is 19.3 Å². The van der Waals surface area contributed by atoms with E-state index < -0.39 is 5.97 Å². The van der Waals surface area contributed by atoms with Crippen LogP contribution in [0.3, 0.4) is 0 Å². The molecule has 0 aliphatic rings. The number of hydrogen-bond donors (Lipinski definition) is 0. The van der Waals surface area contributed by atoms with Gasteiger partial charge in [-0.25, -0.2) is 0 Å². The summed E-state index contributed by atoms with van der Waals surface area (Å²) in [6.07, 6.45) is 3.04. The average molecular weight is 184 g/mol. The Hall–Kier alpha value is 0.730. The number of carbonyl (C=O) groups is 1. The van der Waals surface area contributed by atoms with E-state index in [4.69, 9.17) is 0 Å². The molecule has 0 aromatic rings. The summed E-state index contributed by atoms with van der Waals surface area (Å²) in [4.78, 5) is 9.76. The van der Waals surface area contributed by atoms with Crippen LogP contribution in [0.5, 0.6) is 0 Å². The van der Waals surface area contributed by atoms with Gasteiger partial charge in [-0.2, -0.15) is 0 Å². The predicted octanol–water partition coefficient (Wildman–Crippen LogP) is 0.910. The van der Waals surface area contributed by atoms with Crippen molar-refractivity contribution in [3.63, 3.8) is 0 Å². The maximum absolute atomic E-state index is 9.76. The van der Waals surface area contributed by atoms with Gasteiger partial charge in [0.05, 0.1) is 0 Å². The molecular weight excluding hydrogens is 168 g/mol. The maximum atomic E-state index is 9.76. The molecule has 0 bridgehead atoms. The van der Waals surface area contributed by atoms with Crippen LogP contribution in [0.4, 0.5) is 0 Å². The van der Waals surface area contributed by atoms with Crippen molar-refractivity contribution >= 4 is 41.8 Å². The first-order valence-corrected chi connectivity index (χ1v) is 5.74. The van der Waals surface area contributed by atoms with Gasteiger partial charge in [0.15, 0.2) is 0 Å². The summed E-state index contributed by atoms with van der Waals surface area (Å²) in [6.45, 7) is 4.22. The average Bonchev–Trinajstić information content (AvgIpc) is 1.89. The van der Waals surface area contributed by atoms with Crippen LogP contribution in [0.2, 0.25) is 2.52 Å². The number of aliphatic carboxylic acids is 1. The molecule has 0 amide bonds. The van der Waals surface area contributed by atoms with Gasteiger partial charge < -0.3 is 9.90 Å². The fourth-order valence-electron chi connectivity index (χ4n) is 0.519. The molecule has 0 aliphatic carbocycles. The van der Waals surface area contributed by atoms with Gasteiger partial charge in [0.25, 0.3) is 0 Å². The van der Waals surface area contributed by atoms with Crippen molar-refractivity contribution in [1.29, 1.82) is 0 Å². The predicted molar refractivity (Wildman–Crippen MR) is 45.4 cm³/mol. The Bertz CT molecular complexity index is 84.2. The van der Waals surface area contributed by atoms with Gasteiger partial charge >= 0.3 is 45.2 Å². The van der Waals surface area contributed by atoms with E-state index >= 15 is 0 Å². The first kappa shape index (κ1) is 14.3. The van der Waals surface area contributed by atoms with E-state index in [-0.39, 0.29) is 6.42 Å². The Kier molecular flexibility index (Phi) is 17.3. The van der Waals surface area contributed by atoms with Crippen LogP contribution in [-0.4, -0.2) is 41.8 Å². The van der Waals surface area contributed by atoms with E-state index in [9.17, 15) is 9.90 Å². The summed E-state index contributed by atoms with van der Waals surface area (Å²) in [5.74, 6) is -0.932. The van der Waals surface area contributed by atoms with Crippen molar-refractivity contribution in [2.45, 2.75) is 42.0 Å². The van der Waals surface area contributed by atoms with Crippen LogP contribution in [-0.2, 0) is 4.79 Å². The molecule has 0 aromatic carbocycles. The van der Waals surface area contributed by atoms with E-state index in [1.165, 1.54) is 38.3 Å². The number of rotatable bonds is 4. The third kappa shape index (κ3) is 24.9. The summed E-state index contributed by atoms with van der Waals surface area (Å²) in [5, 5.41) is 9.76. The van der Waals surface area contributed by atoms with Gasteiger partial charge in [0.2, 0.25) is 0 Å². The summed E-state index contributed by atoms with van der Waals surface area (Å²) in [7, 11) is 0. The Morgan fingerprint density at radius 1 is 1.36 bits per heavy atom. The second kappa shape index (κ2) is 13.3. The second-order valence-corrected chi connectivity index (χ2v) is 3.89. The molecule has 2 nitrogen and oxygen atoms in total. The van der Waals surface area contributed by atoms with Crippen molar-refractivity contribution in [3.8, 4) is 0 Å². The number of hydrogen-bond acceptors (Lipinski definition) is 2. The Morgan fingerprint density at radius 2 is 1.82 bits per heavy atom. The normalized spacial score (nSPS) is 8.36. The van der Waals surface area contributed by atoms with Crippen LogP contribution >= 0.6 is 0 Å². The molecule has 0 saturated heterocycles. The molecule has 11 heavy (non-hydrogen) atoms. The number of unbranched alkanes of at least 4 members (excludes halogenated alkanes) is 2. The molecule has 0 atom stereocenters. The van der Waals surface area contributed by atoms with Crippen LogP contribution in [0, 0.1) is 0 Å². The van der Waals surface area contributed by atoms with Crippen LogP contribution in [0.25, 0.3) is 0 Å². The van der Waals surface area contributed by atoms with Gasteiger partial charge in [0, 0.05) is 5.97 Å². The molecule has 0 rings (SSSR count). The summed E-state index contributed by atoms with van der Waals surface area (Å²) in [5.41, 5.74) is 0. The Morgan fingerprint density at radius 3 is 2.09 bits per heavy atom. The van der Waals surface area contributed by atoms with Crippen molar-refractivity contribution in [2.75, 3.05) is 0 Å². The Labute approximate surface area is 93.0 Å². The zero-order chi connectivity index (χ0) is 9.11. The number of carboxylic acids is 1. The number of carbonyl (C=O) groups excluding carboxylic acids is 1. The zero-order valence-electron chi connectivity index (χ0n) is 7.56. The van der Waals surface area contributed by atoms with Crippen LogP contribution in [0.15, 0.2) is 0 Å². The van der Waals surface area contributed by atoms with Crippen molar-refractivity contribution in [3.05, 3.63) is 0 Å². The Balaban J connectivity index is 0. The van der Waals surface area contributed by atoms with Crippen LogP contribution < -0.4 is 5.11 Å². The summed E-state index contributed by atoms with van der Waals surface area (Å²) in [6, 6.07) is 0.